The SMILES string of the molecule is CC/C=C\C/C=C\C/C=C\C/C=C\C/C=C\C/C=C\CCCCCCCCCCCCCCCCC(=O)OCC(O)COP(=O)(O)OCC(O)COP(=O)(O)OCC(COC(=O)CCCCCCCC/C=C\C/C=C\C/C=C\CCCCC)OC(=O)CCCCCCC/C=C\C/C=C\CCCCC. The second kappa shape index (κ2) is 77.3. The maximum atomic E-state index is 13.0. The van der Waals surface area contributed by atoms with Crippen LogP contribution in [-0.2, 0) is 55.8 Å². The van der Waals surface area contributed by atoms with Gasteiger partial charge < -0.3 is 34.2 Å². The van der Waals surface area contributed by atoms with Crippen LogP contribution in [0, 0.1) is 0 Å². The molecule has 0 heterocycles. The molecule has 16 nitrogen and oxygen atoms in total. The van der Waals surface area contributed by atoms with E-state index in [1.165, 1.54) is 103 Å². The molecule has 0 aromatic heterocycles. The Kier molecular flexibility index (Phi) is 74.1. The Bertz CT molecular complexity index is 2410. The average Bonchev–Trinajstić information content (AvgIpc) is 0.916. The highest BCUT2D eigenvalue weighted by Crippen LogP contribution is 2.45. The quantitative estimate of drug-likeness (QED) is 0.0146. The Labute approximate surface area is 626 Å². The van der Waals surface area contributed by atoms with Gasteiger partial charge in [0.2, 0.25) is 0 Å². The number of carbonyl (C=O) groups excluding carboxylic acids is 3. The summed E-state index contributed by atoms with van der Waals surface area (Å²) in [6, 6.07) is 0. The van der Waals surface area contributed by atoms with Gasteiger partial charge >= 0.3 is 33.6 Å². The molecule has 0 aliphatic rings. The van der Waals surface area contributed by atoms with Crippen molar-refractivity contribution in [3.05, 3.63) is 134 Å². The number of hydrogen-bond donors (Lipinski definition) is 4. The summed E-state index contributed by atoms with van der Waals surface area (Å²) in [4.78, 5) is 58.6. The van der Waals surface area contributed by atoms with E-state index >= 15 is 0 Å². The van der Waals surface area contributed by atoms with E-state index in [4.69, 9.17) is 32.3 Å². The summed E-state index contributed by atoms with van der Waals surface area (Å²) in [7, 11) is -9.80. The molecular formula is C85H146O16P2. The molecule has 0 radical (unpaired) electrons. The highest BCUT2D eigenvalue weighted by molar-refractivity contribution is 7.47. The summed E-state index contributed by atoms with van der Waals surface area (Å²) < 4.78 is 61.1. The molecule has 0 aliphatic carbocycles. The van der Waals surface area contributed by atoms with Crippen LogP contribution in [-0.4, -0.2) is 95.9 Å². The fourth-order valence-electron chi connectivity index (χ4n) is 10.7. The van der Waals surface area contributed by atoms with Gasteiger partial charge in [0.15, 0.2) is 6.10 Å². The first-order valence-electron chi connectivity index (χ1n) is 40.5. The number of rotatable bonds is 76. The zero-order valence-electron chi connectivity index (χ0n) is 64.7. The van der Waals surface area contributed by atoms with Crippen LogP contribution >= 0.6 is 15.6 Å². The smallest absolute Gasteiger partial charge is 0.463 e. The van der Waals surface area contributed by atoms with E-state index in [9.17, 15) is 43.5 Å². The summed E-state index contributed by atoms with van der Waals surface area (Å²) in [5.41, 5.74) is 0. The number of unbranched alkanes of at least 4 members (excludes halogenated alkanes) is 31. The van der Waals surface area contributed by atoms with Gasteiger partial charge in [-0.15, -0.1) is 0 Å². The van der Waals surface area contributed by atoms with Crippen molar-refractivity contribution in [1.29, 1.82) is 0 Å². The van der Waals surface area contributed by atoms with Crippen molar-refractivity contribution in [3.63, 3.8) is 0 Å². The summed E-state index contributed by atoms with van der Waals surface area (Å²) in [6.07, 6.45) is 93.6. The number of hydrogen-bond acceptors (Lipinski definition) is 14. The number of phosphoric ester groups is 2. The lowest BCUT2D eigenvalue weighted by Crippen LogP contribution is -2.30. The van der Waals surface area contributed by atoms with Gasteiger partial charge in [0.1, 0.15) is 25.4 Å². The van der Waals surface area contributed by atoms with Crippen LogP contribution in [0.15, 0.2) is 134 Å². The van der Waals surface area contributed by atoms with E-state index in [1.54, 1.807) is 0 Å². The Balaban J connectivity index is 4.46. The molecule has 0 saturated heterocycles. The van der Waals surface area contributed by atoms with Gasteiger partial charge in [-0.3, -0.25) is 32.5 Å². The number of esters is 3. The third kappa shape index (κ3) is 78.6. The van der Waals surface area contributed by atoms with Gasteiger partial charge in [-0.2, -0.15) is 0 Å². The number of aliphatic hydroxyl groups excluding tert-OH is 2. The summed E-state index contributed by atoms with van der Waals surface area (Å²) >= 11 is 0. The van der Waals surface area contributed by atoms with Crippen molar-refractivity contribution < 1.29 is 75.8 Å². The van der Waals surface area contributed by atoms with Gasteiger partial charge in [0.05, 0.1) is 26.4 Å². The van der Waals surface area contributed by atoms with Gasteiger partial charge in [-0.1, -0.05) is 302 Å². The molecule has 0 aromatic rings. The summed E-state index contributed by atoms with van der Waals surface area (Å²) in [6.45, 7) is 2.50. The average molecular weight is 1490 g/mol. The lowest BCUT2D eigenvalue weighted by Gasteiger charge is -2.21. The van der Waals surface area contributed by atoms with E-state index in [0.717, 1.165) is 167 Å². The maximum absolute atomic E-state index is 13.0. The van der Waals surface area contributed by atoms with Crippen molar-refractivity contribution in [1.82, 2.24) is 0 Å². The first-order valence-corrected chi connectivity index (χ1v) is 43.5. The minimum Gasteiger partial charge on any atom is -0.463 e. The van der Waals surface area contributed by atoms with E-state index in [0.29, 0.717) is 19.3 Å². The second-order valence-corrected chi connectivity index (χ2v) is 29.7. The van der Waals surface area contributed by atoms with Crippen LogP contribution in [0.1, 0.15) is 329 Å². The van der Waals surface area contributed by atoms with Crippen LogP contribution in [0.3, 0.4) is 0 Å². The van der Waals surface area contributed by atoms with Crippen LogP contribution < -0.4 is 0 Å². The van der Waals surface area contributed by atoms with Crippen molar-refractivity contribution >= 4 is 33.6 Å². The van der Waals surface area contributed by atoms with E-state index in [2.05, 4.69) is 154 Å². The molecule has 0 aliphatic heterocycles. The minimum absolute atomic E-state index is 0.0841. The van der Waals surface area contributed by atoms with Crippen LogP contribution in [0.5, 0.6) is 0 Å². The molecule has 103 heavy (non-hydrogen) atoms. The number of aliphatic hydroxyl groups is 2. The topological polar surface area (TPSA) is 231 Å². The Morgan fingerprint density at radius 2 is 0.515 bits per heavy atom. The fraction of sp³-hybridized carbons (Fsp3) is 0.706. The number of phosphoric acid groups is 2. The molecule has 0 saturated carbocycles. The summed E-state index contributed by atoms with van der Waals surface area (Å²) in [5.74, 6) is -1.60. The highest BCUT2D eigenvalue weighted by atomic mass is 31.2. The molecule has 0 spiro atoms. The summed E-state index contributed by atoms with van der Waals surface area (Å²) in [5, 5.41) is 20.6. The largest absolute Gasteiger partial charge is 0.472 e. The van der Waals surface area contributed by atoms with Crippen LogP contribution in [0.2, 0.25) is 0 Å². The molecular weight excluding hydrogens is 1340 g/mol. The number of ether oxygens (including phenoxy) is 3. The monoisotopic (exact) mass is 1490 g/mol. The van der Waals surface area contributed by atoms with Crippen molar-refractivity contribution in [3.8, 4) is 0 Å². The van der Waals surface area contributed by atoms with Crippen LogP contribution in [0.4, 0.5) is 0 Å². The maximum Gasteiger partial charge on any atom is 0.472 e. The molecule has 0 rings (SSSR count). The molecule has 0 aromatic carbocycles. The van der Waals surface area contributed by atoms with Gasteiger partial charge in [-0.25, -0.2) is 9.13 Å². The molecule has 0 amide bonds. The highest BCUT2D eigenvalue weighted by Gasteiger charge is 2.29. The Hall–Kier alpha value is -4.31. The van der Waals surface area contributed by atoms with Crippen molar-refractivity contribution in [2.45, 2.75) is 347 Å². The fourth-order valence-corrected chi connectivity index (χ4v) is 12.3. The third-order valence-corrected chi connectivity index (χ3v) is 18.7. The number of carbonyl (C=O) groups is 3. The molecule has 592 valence electrons. The van der Waals surface area contributed by atoms with Crippen molar-refractivity contribution in [2.75, 3.05) is 39.6 Å². The lowest BCUT2D eigenvalue weighted by atomic mass is 10.0. The normalized spacial score (nSPS) is 14.7. The molecule has 5 unspecified atom stereocenters. The second-order valence-electron chi connectivity index (χ2n) is 26.8. The molecule has 4 N–H and O–H groups in total. The lowest BCUT2D eigenvalue weighted by molar-refractivity contribution is -0.161. The first kappa shape index (κ1) is 98.7. The van der Waals surface area contributed by atoms with Gasteiger partial charge in [-0.05, 0) is 141 Å². The minimum atomic E-state index is -4.94. The molecule has 0 bridgehead atoms. The zero-order valence-corrected chi connectivity index (χ0v) is 66.5. The predicted octanol–water partition coefficient (Wildman–Crippen LogP) is 23.9. The standard InChI is InChI=1S/C85H146O16P2/c1-4-7-10-13-16-19-22-25-28-30-32-33-34-35-36-37-38-39-40-41-42-43-44-45-47-49-51-53-56-59-62-65-68-71-83(88)95-74-80(86)75-97-102(91,92)98-76-81(87)77-99-103(93,94)100-79-82(101-85(90)73-70-67-64-61-58-55-50-27-24-21-18-15-12-9-6-3)78-96-84(89)72-69-66-63-60-57-54-52-48-46-31-29-26-23-20-17-14-11-8-5-2/h7,10,16-21,25-29,32-33,35-36,38-39,46,48,50,80-82,86-87H,4-6,8-9,11-15,22-24,30-31,34,37,40-45,47,49,51-79H2,1-3H3,(H,91,92)(H,93,94)/b10-7-,19-16-,20-17-,21-18-,28-25-,29-26-,33-32-,36-35-,39-38-,48-46-,50-27-. The predicted molar refractivity (Wildman–Crippen MR) is 426 cm³/mol. The van der Waals surface area contributed by atoms with E-state index < -0.39 is 91.5 Å². The molecule has 5 atom stereocenters. The Morgan fingerprint density at radius 3 is 0.816 bits per heavy atom. The molecule has 18 heteroatoms. The molecule has 0 fully saturated rings. The zero-order chi connectivity index (χ0) is 75.2. The number of allylic oxidation sites excluding steroid dienone is 22. The third-order valence-electron chi connectivity index (χ3n) is 16.8. The van der Waals surface area contributed by atoms with Gasteiger partial charge in [0, 0.05) is 19.3 Å². The van der Waals surface area contributed by atoms with E-state index in [-0.39, 0.29) is 19.3 Å². The Morgan fingerprint density at radius 1 is 0.282 bits per heavy atom. The van der Waals surface area contributed by atoms with E-state index in [1.807, 2.05) is 0 Å². The van der Waals surface area contributed by atoms with Gasteiger partial charge in [0.25, 0.3) is 0 Å². The first-order chi connectivity index (χ1) is 50.2. The van der Waals surface area contributed by atoms with Crippen molar-refractivity contribution in [2.24, 2.45) is 0 Å². The van der Waals surface area contributed by atoms with Crippen LogP contribution in [0.25, 0.3) is 0 Å².